The fraction of sp³-hybridized carbons (Fsp3) is 0.0714. The molecule has 0 aliphatic carbocycles. The molecule has 0 atom stereocenters. The number of aliphatic imine (C=N–C) groups is 2. The Bertz CT molecular complexity index is 1320. The average Bonchev–Trinajstić information content (AvgIpc) is 2.78. The minimum absolute atomic E-state index is 0.170. The third kappa shape index (κ3) is 5.29. The minimum Gasteiger partial charge on any atom is -0.507 e. The maximum atomic E-state index is 10.2. The summed E-state index contributed by atoms with van der Waals surface area (Å²) in [6, 6.07) is 22.2. The number of aromatic hydroxyl groups is 2. The van der Waals surface area contributed by atoms with Crippen molar-refractivity contribution in [2.24, 2.45) is 9.98 Å². The molecule has 0 unspecified atom stereocenters. The summed E-state index contributed by atoms with van der Waals surface area (Å²) in [4.78, 5) is 9.49. The van der Waals surface area contributed by atoms with Crippen LogP contribution in [0.2, 0.25) is 0 Å². The third-order valence-electron chi connectivity index (χ3n) is 5.24. The van der Waals surface area contributed by atoms with Gasteiger partial charge in [-0.15, -0.1) is 0 Å². The molecule has 6 heteroatoms. The molecule has 170 valence electrons. The maximum absolute atomic E-state index is 10.2. The first-order valence-electron chi connectivity index (χ1n) is 10.6. The standard InChI is InChI=1S/C28H22Br2N2O2/c1-17-11-21(29)27(23(13-17)31-15-19-7-3-5-9-25(19)33)28-22(30)12-18(2)14-24(28)32-16-20-8-4-6-10-26(20)34/h3-16,33-34H,1-2H3. The molecule has 4 aromatic rings. The lowest BCUT2D eigenvalue weighted by molar-refractivity contribution is 0.474. The molecular formula is C28H22Br2N2O2. The molecule has 0 bridgehead atoms. The fourth-order valence-electron chi connectivity index (χ4n) is 3.62. The van der Waals surface area contributed by atoms with Crippen LogP contribution in [0.1, 0.15) is 22.3 Å². The lowest BCUT2D eigenvalue weighted by Gasteiger charge is -2.15. The van der Waals surface area contributed by atoms with Crippen LogP contribution in [0.25, 0.3) is 11.1 Å². The van der Waals surface area contributed by atoms with E-state index >= 15 is 0 Å². The molecule has 0 aromatic heterocycles. The summed E-state index contributed by atoms with van der Waals surface area (Å²) in [6.07, 6.45) is 3.32. The Morgan fingerprint density at radius 2 is 1.00 bits per heavy atom. The molecule has 0 saturated heterocycles. The first-order chi connectivity index (χ1) is 16.3. The van der Waals surface area contributed by atoms with Gasteiger partial charge in [-0.2, -0.15) is 0 Å². The van der Waals surface area contributed by atoms with Gasteiger partial charge in [-0.3, -0.25) is 9.98 Å². The molecule has 0 saturated carbocycles. The number of phenols is 2. The van der Waals surface area contributed by atoms with Gasteiger partial charge in [-0.1, -0.05) is 56.1 Å². The highest BCUT2D eigenvalue weighted by molar-refractivity contribution is 9.11. The molecule has 4 rings (SSSR count). The summed E-state index contributed by atoms with van der Waals surface area (Å²) in [5, 5.41) is 20.3. The number of nitrogens with zero attached hydrogens (tertiary/aromatic N) is 2. The SMILES string of the molecule is Cc1cc(Br)c(-c2c(Br)cc(C)cc2N=Cc2ccccc2O)c(N=Cc2ccccc2O)c1. The van der Waals surface area contributed by atoms with E-state index in [1.165, 1.54) is 0 Å². The van der Waals surface area contributed by atoms with Gasteiger partial charge in [0.1, 0.15) is 11.5 Å². The van der Waals surface area contributed by atoms with E-state index < -0.39 is 0 Å². The van der Waals surface area contributed by atoms with Crippen molar-refractivity contribution >= 4 is 55.7 Å². The predicted octanol–water partition coefficient (Wildman–Crippen LogP) is 8.41. The highest BCUT2D eigenvalue weighted by Crippen LogP contribution is 2.46. The number of hydrogen-bond acceptors (Lipinski definition) is 4. The summed E-state index contributed by atoms with van der Waals surface area (Å²) in [7, 11) is 0. The first-order valence-corrected chi connectivity index (χ1v) is 12.2. The third-order valence-corrected chi connectivity index (χ3v) is 6.49. The van der Waals surface area contributed by atoms with Crippen molar-refractivity contribution < 1.29 is 10.2 Å². The number of rotatable bonds is 5. The van der Waals surface area contributed by atoms with Gasteiger partial charge in [0.25, 0.3) is 0 Å². The van der Waals surface area contributed by atoms with E-state index in [1.807, 2.05) is 62.4 Å². The Morgan fingerprint density at radius 1 is 0.618 bits per heavy atom. The summed E-state index contributed by atoms with van der Waals surface area (Å²) < 4.78 is 1.75. The van der Waals surface area contributed by atoms with Crippen LogP contribution >= 0.6 is 31.9 Å². The van der Waals surface area contributed by atoms with E-state index in [0.29, 0.717) is 11.1 Å². The molecule has 0 heterocycles. The quantitative estimate of drug-likeness (QED) is 0.234. The van der Waals surface area contributed by atoms with E-state index in [2.05, 4.69) is 31.9 Å². The summed E-state index contributed by atoms with van der Waals surface area (Å²) >= 11 is 7.47. The lowest BCUT2D eigenvalue weighted by atomic mass is 9.98. The van der Waals surface area contributed by atoms with Crippen molar-refractivity contribution in [3.63, 3.8) is 0 Å². The van der Waals surface area contributed by atoms with Crippen LogP contribution in [0.4, 0.5) is 11.4 Å². The molecule has 2 N–H and O–H groups in total. The zero-order chi connectivity index (χ0) is 24.2. The number of benzene rings is 4. The van der Waals surface area contributed by atoms with Crippen LogP contribution < -0.4 is 0 Å². The Morgan fingerprint density at radius 3 is 1.38 bits per heavy atom. The first kappa shape index (κ1) is 23.9. The average molecular weight is 578 g/mol. The van der Waals surface area contributed by atoms with Gasteiger partial charge in [-0.25, -0.2) is 0 Å². The van der Waals surface area contributed by atoms with Gasteiger partial charge >= 0.3 is 0 Å². The van der Waals surface area contributed by atoms with Crippen LogP contribution in [0, 0.1) is 13.8 Å². The van der Waals surface area contributed by atoms with Crippen LogP contribution in [0.15, 0.2) is 91.7 Å². The van der Waals surface area contributed by atoms with Crippen LogP contribution in [-0.4, -0.2) is 22.6 Å². The van der Waals surface area contributed by atoms with Gasteiger partial charge in [-0.05, 0) is 73.5 Å². The van der Waals surface area contributed by atoms with Gasteiger partial charge in [0, 0.05) is 43.6 Å². The summed E-state index contributed by atoms with van der Waals surface area (Å²) in [6.45, 7) is 4.02. The number of aryl methyl sites for hydroxylation is 2. The molecule has 4 aromatic carbocycles. The monoisotopic (exact) mass is 576 g/mol. The molecule has 34 heavy (non-hydrogen) atoms. The maximum Gasteiger partial charge on any atom is 0.124 e. The van der Waals surface area contributed by atoms with Crippen LogP contribution in [-0.2, 0) is 0 Å². The summed E-state index contributed by atoms with van der Waals surface area (Å²) in [5.41, 5.74) is 6.56. The van der Waals surface area contributed by atoms with Gasteiger partial charge in [0.05, 0.1) is 11.4 Å². The van der Waals surface area contributed by atoms with Gasteiger partial charge in [0.2, 0.25) is 0 Å². The van der Waals surface area contributed by atoms with Crippen molar-refractivity contribution in [2.75, 3.05) is 0 Å². The zero-order valence-corrected chi connectivity index (χ0v) is 21.8. The Kier molecular flexibility index (Phi) is 7.29. The molecule has 0 amide bonds. The van der Waals surface area contributed by atoms with Crippen molar-refractivity contribution in [3.05, 3.63) is 104 Å². The second-order valence-electron chi connectivity index (χ2n) is 7.92. The van der Waals surface area contributed by atoms with Crippen molar-refractivity contribution in [2.45, 2.75) is 13.8 Å². The molecule has 0 radical (unpaired) electrons. The molecular weight excluding hydrogens is 556 g/mol. The van der Waals surface area contributed by atoms with Crippen molar-refractivity contribution in [3.8, 4) is 22.6 Å². The molecule has 0 aliphatic rings. The lowest BCUT2D eigenvalue weighted by Crippen LogP contribution is -1.90. The van der Waals surface area contributed by atoms with E-state index in [0.717, 1.165) is 42.6 Å². The molecule has 0 aliphatic heterocycles. The van der Waals surface area contributed by atoms with E-state index in [1.54, 1.807) is 36.7 Å². The second kappa shape index (κ2) is 10.4. The predicted molar refractivity (Wildman–Crippen MR) is 147 cm³/mol. The van der Waals surface area contributed by atoms with Crippen molar-refractivity contribution in [1.29, 1.82) is 0 Å². The Balaban J connectivity index is 1.89. The topological polar surface area (TPSA) is 65.2 Å². The number of halogens is 2. The van der Waals surface area contributed by atoms with E-state index in [-0.39, 0.29) is 11.5 Å². The number of para-hydroxylation sites is 2. The van der Waals surface area contributed by atoms with Gasteiger partial charge < -0.3 is 10.2 Å². The zero-order valence-electron chi connectivity index (χ0n) is 18.6. The van der Waals surface area contributed by atoms with E-state index in [9.17, 15) is 10.2 Å². The summed E-state index contributed by atoms with van der Waals surface area (Å²) in [5.74, 6) is 0.341. The van der Waals surface area contributed by atoms with E-state index in [4.69, 9.17) is 9.98 Å². The second-order valence-corrected chi connectivity index (χ2v) is 9.62. The van der Waals surface area contributed by atoms with Gasteiger partial charge in [0.15, 0.2) is 0 Å². The van der Waals surface area contributed by atoms with Crippen LogP contribution in [0.3, 0.4) is 0 Å². The molecule has 0 fully saturated rings. The smallest absolute Gasteiger partial charge is 0.124 e. The number of hydrogen-bond donors (Lipinski definition) is 2. The fourth-order valence-corrected chi connectivity index (χ4v) is 5.14. The van der Waals surface area contributed by atoms with Crippen LogP contribution in [0.5, 0.6) is 11.5 Å². The molecule has 0 spiro atoms. The molecule has 4 nitrogen and oxygen atoms in total. The highest BCUT2D eigenvalue weighted by atomic mass is 79.9. The Labute approximate surface area is 215 Å². The highest BCUT2D eigenvalue weighted by Gasteiger charge is 2.18. The number of phenolic OH excluding ortho intramolecular Hbond substituents is 2. The largest absolute Gasteiger partial charge is 0.507 e. The minimum atomic E-state index is 0.170. The Hall–Kier alpha value is -3.22. The normalized spacial score (nSPS) is 11.5. The van der Waals surface area contributed by atoms with Crippen molar-refractivity contribution in [1.82, 2.24) is 0 Å².